The van der Waals surface area contributed by atoms with Crippen LogP contribution in [0.3, 0.4) is 0 Å². The fraction of sp³-hybridized carbons (Fsp3) is 0.633. The SMILES string of the molecule is C[C@@H]1Cc2cnc(NC3CC(C)(C)OC(C)(C)C3)nc2CN1C(=O)[C@H]1CCN(C)C[C@@H]1c1ccccc1. The van der Waals surface area contributed by atoms with Gasteiger partial charge >= 0.3 is 0 Å². The number of carbonyl (C=O) groups excluding carboxylic acids is 1. The first-order chi connectivity index (χ1) is 17.5. The van der Waals surface area contributed by atoms with E-state index in [0.29, 0.717) is 12.5 Å². The third-order valence-corrected chi connectivity index (χ3v) is 8.33. The fourth-order valence-corrected chi connectivity index (χ4v) is 6.90. The molecule has 3 atom stereocenters. The van der Waals surface area contributed by atoms with E-state index in [1.807, 2.05) is 12.3 Å². The van der Waals surface area contributed by atoms with Gasteiger partial charge in [0.15, 0.2) is 0 Å². The van der Waals surface area contributed by atoms with Crippen molar-refractivity contribution in [2.45, 2.75) is 96.1 Å². The zero-order chi connectivity index (χ0) is 26.4. The predicted octanol–water partition coefficient (Wildman–Crippen LogP) is 4.63. The van der Waals surface area contributed by atoms with Gasteiger partial charge in [0.05, 0.1) is 23.4 Å². The van der Waals surface area contributed by atoms with E-state index < -0.39 is 0 Å². The molecule has 0 bridgehead atoms. The number of anilines is 1. The number of amides is 1. The molecule has 7 nitrogen and oxygen atoms in total. The van der Waals surface area contributed by atoms with E-state index in [2.05, 4.69) is 86.0 Å². The van der Waals surface area contributed by atoms with Crippen molar-refractivity contribution in [2.75, 3.05) is 25.5 Å². The van der Waals surface area contributed by atoms with E-state index >= 15 is 0 Å². The van der Waals surface area contributed by atoms with Gasteiger partial charge in [-0.25, -0.2) is 9.97 Å². The maximum absolute atomic E-state index is 14.0. The van der Waals surface area contributed by atoms with Gasteiger partial charge in [-0.05, 0) is 85.0 Å². The number of rotatable bonds is 4. The fourth-order valence-electron chi connectivity index (χ4n) is 6.90. The van der Waals surface area contributed by atoms with Gasteiger partial charge in [-0.1, -0.05) is 30.3 Å². The van der Waals surface area contributed by atoms with Crippen LogP contribution in [0.4, 0.5) is 5.95 Å². The average molecular weight is 506 g/mol. The Labute approximate surface area is 222 Å². The molecule has 0 saturated carbocycles. The molecule has 2 saturated heterocycles. The molecule has 0 unspecified atom stereocenters. The second-order valence-electron chi connectivity index (χ2n) is 12.7. The van der Waals surface area contributed by atoms with Crippen LogP contribution >= 0.6 is 0 Å². The third kappa shape index (κ3) is 5.83. The second-order valence-corrected chi connectivity index (χ2v) is 12.7. The Morgan fingerprint density at radius 1 is 1.11 bits per heavy atom. The lowest BCUT2D eigenvalue weighted by Gasteiger charge is -2.45. The van der Waals surface area contributed by atoms with Crippen molar-refractivity contribution in [3.63, 3.8) is 0 Å². The highest BCUT2D eigenvalue weighted by Gasteiger charge is 2.41. The molecule has 3 aliphatic heterocycles. The molecule has 0 radical (unpaired) electrons. The molecule has 1 aromatic heterocycles. The molecular weight excluding hydrogens is 462 g/mol. The summed E-state index contributed by atoms with van der Waals surface area (Å²) in [6.07, 6.45) is 5.43. The van der Waals surface area contributed by atoms with Crippen LogP contribution in [0.5, 0.6) is 0 Å². The minimum absolute atomic E-state index is 0.00580. The van der Waals surface area contributed by atoms with E-state index in [1.165, 1.54) is 5.56 Å². The number of likely N-dealkylation sites (tertiary alicyclic amines) is 1. The van der Waals surface area contributed by atoms with E-state index in [9.17, 15) is 4.79 Å². The maximum Gasteiger partial charge on any atom is 0.227 e. The molecular formula is C30H43N5O2. The molecule has 200 valence electrons. The topological polar surface area (TPSA) is 70.6 Å². The summed E-state index contributed by atoms with van der Waals surface area (Å²) in [4.78, 5) is 28.1. The molecule has 2 fully saturated rings. The Hall–Kier alpha value is -2.51. The lowest BCUT2D eigenvalue weighted by atomic mass is 9.79. The highest BCUT2D eigenvalue weighted by molar-refractivity contribution is 5.80. The molecule has 4 heterocycles. The minimum Gasteiger partial charge on any atom is -0.370 e. The smallest absolute Gasteiger partial charge is 0.227 e. The number of fused-ring (bicyclic) bond motifs is 1. The highest BCUT2D eigenvalue weighted by atomic mass is 16.5. The van der Waals surface area contributed by atoms with Crippen molar-refractivity contribution in [1.29, 1.82) is 0 Å². The normalized spacial score (nSPS) is 27.9. The number of piperidine rings is 1. The van der Waals surface area contributed by atoms with Gasteiger partial charge in [0.1, 0.15) is 0 Å². The van der Waals surface area contributed by atoms with E-state index in [4.69, 9.17) is 9.72 Å². The molecule has 0 aliphatic carbocycles. The summed E-state index contributed by atoms with van der Waals surface area (Å²) in [5.74, 6) is 1.12. The van der Waals surface area contributed by atoms with Crippen LogP contribution in [-0.4, -0.2) is 69.1 Å². The van der Waals surface area contributed by atoms with Crippen molar-refractivity contribution in [3.8, 4) is 0 Å². The van der Waals surface area contributed by atoms with E-state index in [0.717, 1.165) is 50.0 Å². The zero-order valence-electron chi connectivity index (χ0n) is 23.3. The summed E-state index contributed by atoms with van der Waals surface area (Å²) in [6, 6.07) is 10.9. The molecule has 7 heteroatoms. The Kier molecular flexibility index (Phi) is 7.05. The summed E-state index contributed by atoms with van der Waals surface area (Å²) in [5, 5.41) is 3.58. The Morgan fingerprint density at radius 3 is 2.51 bits per heavy atom. The predicted molar refractivity (Wildman–Crippen MR) is 146 cm³/mol. The van der Waals surface area contributed by atoms with Crippen LogP contribution in [0.15, 0.2) is 36.5 Å². The molecule has 1 aromatic carbocycles. The van der Waals surface area contributed by atoms with Crippen molar-refractivity contribution >= 4 is 11.9 Å². The first-order valence-electron chi connectivity index (χ1n) is 13.9. The van der Waals surface area contributed by atoms with Crippen LogP contribution in [0.1, 0.15) is 76.6 Å². The summed E-state index contributed by atoms with van der Waals surface area (Å²) in [6.45, 7) is 13.1. The summed E-state index contributed by atoms with van der Waals surface area (Å²) in [5.41, 5.74) is 2.98. The first kappa shape index (κ1) is 26.1. The minimum atomic E-state index is -0.199. The Bertz CT molecular complexity index is 1100. The number of ether oxygens (including phenoxy) is 1. The summed E-state index contributed by atoms with van der Waals surface area (Å²) in [7, 11) is 2.16. The van der Waals surface area contributed by atoms with Crippen LogP contribution < -0.4 is 5.32 Å². The van der Waals surface area contributed by atoms with Crippen molar-refractivity contribution in [3.05, 3.63) is 53.3 Å². The van der Waals surface area contributed by atoms with Crippen LogP contribution in [0.25, 0.3) is 0 Å². The Balaban J connectivity index is 1.33. The maximum atomic E-state index is 14.0. The number of nitrogens with zero attached hydrogens (tertiary/aromatic N) is 4. The number of likely N-dealkylation sites (N-methyl/N-ethyl adjacent to an activating group) is 1. The molecule has 5 rings (SSSR count). The number of aromatic nitrogens is 2. The number of carbonyl (C=O) groups is 1. The molecule has 1 amide bonds. The quantitative estimate of drug-likeness (QED) is 0.653. The average Bonchev–Trinajstić information content (AvgIpc) is 2.82. The first-order valence-corrected chi connectivity index (χ1v) is 13.9. The van der Waals surface area contributed by atoms with Gasteiger partial charge in [-0.3, -0.25) is 4.79 Å². The van der Waals surface area contributed by atoms with Crippen molar-refractivity contribution in [1.82, 2.24) is 19.8 Å². The standard InChI is InChI=1S/C30H43N5O2/c1-20-14-22-17-31-28(32-23-15-29(2,3)37-30(4,5)16-23)33-26(22)19-35(20)27(36)24-12-13-34(6)18-25(24)21-10-8-7-9-11-21/h7-11,17,20,23-25H,12-16,18-19H2,1-6H3,(H,31,32,33)/t20-,24+,25-/m1/s1. The number of hydrogen-bond donors (Lipinski definition) is 1. The number of hydrogen-bond acceptors (Lipinski definition) is 6. The molecule has 2 aromatic rings. The van der Waals surface area contributed by atoms with E-state index in [-0.39, 0.29) is 41.0 Å². The summed E-state index contributed by atoms with van der Waals surface area (Å²) >= 11 is 0. The number of nitrogens with one attached hydrogen (secondary N) is 1. The lowest BCUT2D eigenvalue weighted by Crippen LogP contribution is -2.50. The van der Waals surface area contributed by atoms with E-state index in [1.54, 1.807) is 0 Å². The van der Waals surface area contributed by atoms with Gasteiger partial charge in [0.25, 0.3) is 0 Å². The second kappa shape index (κ2) is 9.99. The van der Waals surface area contributed by atoms with Gasteiger partial charge in [-0.2, -0.15) is 0 Å². The van der Waals surface area contributed by atoms with Crippen molar-refractivity contribution < 1.29 is 9.53 Å². The largest absolute Gasteiger partial charge is 0.370 e. The van der Waals surface area contributed by atoms with Gasteiger partial charge in [0, 0.05) is 36.7 Å². The highest BCUT2D eigenvalue weighted by Crippen LogP contribution is 2.37. The third-order valence-electron chi connectivity index (χ3n) is 8.33. The molecule has 3 aliphatic rings. The van der Waals surface area contributed by atoms with Crippen molar-refractivity contribution in [2.24, 2.45) is 5.92 Å². The van der Waals surface area contributed by atoms with Gasteiger partial charge in [0.2, 0.25) is 11.9 Å². The number of benzene rings is 1. The van der Waals surface area contributed by atoms with Crippen LogP contribution in [0, 0.1) is 5.92 Å². The Morgan fingerprint density at radius 2 is 1.81 bits per heavy atom. The van der Waals surface area contributed by atoms with Crippen LogP contribution in [-0.2, 0) is 22.5 Å². The lowest BCUT2D eigenvalue weighted by molar-refractivity contribution is -0.158. The van der Waals surface area contributed by atoms with Gasteiger partial charge < -0.3 is 19.9 Å². The monoisotopic (exact) mass is 505 g/mol. The van der Waals surface area contributed by atoms with Gasteiger partial charge in [-0.15, -0.1) is 0 Å². The zero-order valence-corrected chi connectivity index (χ0v) is 23.3. The molecule has 1 N–H and O–H groups in total. The van der Waals surface area contributed by atoms with Crippen LogP contribution in [0.2, 0.25) is 0 Å². The summed E-state index contributed by atoms with van der Waals surface area (Å²) < 4.78 is 6.25. The molecule has 37 heavy (non-hydrogen) atoms. The molecule has 0 spiro atoms.